The lowest BCUT2D eigenvalue weighted by atomic mass is 10.4. The van der Waals surface area contributed by atoms with E-state index in [9.17, 15) is 9.59 Å². The van der Waals surface area contributed by atoms with Crippen LogP contribution in [0.25, 0.3) is 0 Å². The number of furan rings is 1. The zero-order valence-electron chi connectivity index (χ0n) is 8.94. The molecule has 0 aliphatic carbocycles. The monoisotopic (exact) mass is 302 g/mol. The topological polar surface area (TPSA) is 71.8 Å². The third kappa shape index (κ3) is 3.00. The van der Waals surface area contributed by atoms with Gasteiger partial charge in [-0.15, -0.1) is 0 Å². The van der Waals surface area contributed by atoms with E-state index in [1.165, 1.54) is 0 Å². The summed E-state index contributed by atoms with van der Waals surface area (Å²) in [6.45, 7) is 1.79. The Balaban J connectivity index is 1.75. The fourth-order valence-corrected chi connectivity index (χ4v) is 1.76. The Morgan fingerprint density at radius 2 is 2.35 bits per heavy atom. The molecule has 0 spiro atoms. The largest absolute Gasteiger partial charge is 0.448 e. The molecular formula is C10H11BrN2O4. The van der Waals surface area contributed by atoms with Crippen LogP contribution in [0.4, 0.5) is 4.79 Å². The van der Waals surface area contributed by atoms with Crippen LogP contribution in [-0.2, 0) is 4.74 Å². The van der Waals surface area contributed by atoms with E-state index in [0.29, 0.717) is 30.9 Å². The third-order valence-electron chi connectivity index (χ3n) is 2.31. The van der Waals surface area contributed by atoms with Crippen LogP contribution in [0.15, 0.2) is 21.2 Å². The lowest BCUT2D eigenvalue weighted by Crippen LogP contribution is -2.35. The van der Waals surface area contributed by atoms with Crippen LogP contribution in [0.5, 0.6) is 0 Å². The van der Waals surface area contributed by atoms with Crippen molar-refractivity contribution >= 4 is 27.9 Å². The van der Waals surface area contributed by atoms with Crippen molar-refractivity contribution in [2.75, 3.05) is 26.2 Å². The summed E-state index contributed by atoms with van der Waals surface area (Å²) in [5.41, 5.74) is 0. The molecule has 1 saturated heterocycles. The van der Waals surface area contributed by atoms with E-state index in [1.54, 1.807) is 17.0 Å². The Morgan fingerprint density at radius 3 is 2.94 bits per heavy atom. The van der Waals surface area contributed by atoms with Gasteiger partial charge in [-0.25, -0.2) is 4.79 Å². The van der Waals surface area contributed by atoms with Crippen LogP contribution in [0.3, 0.4) is 0 Å². The summed E-state index contributed by atoms with van der Waals surface area (Å²) in [6.07, 6.45) is -0.333. The highest BCUT2D eigenvalue weighted by Crippen LogP contribution is 2.13. The van der Waals surface area contributed by atoms with Gasteiger partial charge in [0, 0.05) is 13.1 Å². The molecule has 0 saturated carbocycles. The van der Waals surface area contributed by atoms with Gasteiger partial charge in [0.15, 0.2) is 10.4 Å². The number of nitrogens with zero attached hydrogens (tertiary/aromatic N) is 1. The lowest BCUT2D eigenvalue weighted by Gasteiger charge is -2.12. The van der Waals surface area contributed by atoms with Gasteiger partial charge in [0.05, 0.1) is 6.54 Å². The first-order valence-corrected chi connectivity index (χ1v) is 5.91. The van der Waals surface area contributed by atoms with Crippen LogP contribution in [0.2, 0.25) is 0 Å². The summed E-state index contributed by atoms with van der Waals surface area (Å²) in [5, 5.41) is 2.66. The summed E-state index contributed by atoms with van der Waals surface area (Å²) >= 11 is 3.11. The lowest BCUT2D eigenvalue weighted by molar-refractivity contribution is 0.0920. The fraction of sp³-hybridized carbons (Fsp3) is 0.400. The number of hydrogen-bond acceptors (Lipinski definition) is 4. The van der Waals surface area contributed by atoms with Crippen molar-refractivity contribution in [1.29, 1.82) is 0 Å². The van der Waals surface area contributed by atoms with Crippen LogP contribution in [-0.4, -0.2) is 43.1 Å². The maximum atomic E-state index is 11.6. The molecule has 0 unspecified atom stereocenters. The van der Waals surface area contributed by atoms with Gasteiger partial charge in [-0.2, -0.15) is 0 Å². The Labute approximate surface area is 106 Å². The first kappa shape index (κ1) is 12.0. The number of nitrogens with one attached hydrogen (secondary N) is 1. The predicted molar refractivity (Wildman–Crippen MR) is 61.7 cm³/mol. The van der Waals surface area contributed by atoms with Gasteiger partial charge in [0.1, 0.15) is 6.61 Å². The maximum Gasteiger partial charge on any atom is 0.409 e. The quantitative estimate of drug-likeness (QED) is 0.908. The first-order valence-electron chi connectivity index (χ1n) is 5.12. The molecule has 1 aromatic rings. The molecule has 2 rings (SSSR count). The summed E-state index contributed by atoms with van der Waals surface area (Å²) in [4.78, 5) is 24.2. The van der Waals surface area contributed by atoms with Crippen LogP contribution < -0.4 is 5.32 Å². The van der Waals surface area contributed by atoms with Gasteiger partial charge in [0.25, 0.3) is 5.91 Å². The Morgan fingerprint density at radius 1 is 1.53 bits per heavy atom. The molecule has 1 N–H and O–H groups in total. The highest BCUT2D eigenvalue weighted by atomic mass is 79.9. The molecule has 17 heavy (non-hydrogen) atoms. The molecule has 1 aromatic heterocycles. The molecule has 2 heterocycles. The molecular weight excluding hydrogens is 292 g/mol. The highest BCUT2D eigenvalue weighted by Gasteiger charge is 2.21. The highest BCUT2D eigenvalue weighted by molar-refractivity contribution is 9.10. The van der Waals surface area contributed by atoms with Crippen LogP contribution in [0, 0.1) is 0 Å². The fourth-order valence-electron chi connectivity index (χ4n) is 1.46. The van der Waals surface area contributed by atoms with Gasteiger partial charge in [0.2, 0.25) is 0 Å². The minimum absolute atomic E-state index is 0.237. The summed E-state index contributed by atoms with van der Waals surface area (Å²) in [7, 11) is 0. The van der Waals surface area contributed by atoms with E-state index in [1.807, 2.05) is 0 Å². The standard InChI is InChI=1S/C10H11BrN2O4/c11-8-2-1-7(17-8)9(14)12-3-4-13-5-6-16-10(13)15/h1-2H,3-6H2,(H,12,14). The van der Waals surface area contributed by atoms with E-state index >= 15 is 0 Å². The molecule has 0 aromatic carbocycles. The van der Waals surface area contributed by atoms with Gasteiger partial charge in [-0.05, 0) is 28.1 Å². The van der Waals surface area contributed by atoms with Crippen molar-refractivity contribution in [2.45, 2.75) is 0 Å². The van der Waals surface area contributed by atoms with E-state index in [0.717, 1.165) is 0 Å². The summed E-state index contributed by atoms with van der Waals surface area (Å²) in [6, 6.07) is 3.22. The zero-order valence-corrected chi connectivity index (χ0v) is 10.5. The SMILES string of the molecule is O=C(NCCN1CCOC1=O)c1ccc(Br)o1. The van der Waals surface area contributed by atoms with Gasteiger partial charge in [-0.1, -0.05) is 0 Å². The summed E-state index contributed by atoms with van der Waals surface area (Å²) in [5.74, 6) is -0.0656. The second-order valence-corrected chi connectivity index (χ2v) is 4.24. The number of ether oxygens (including phenoxy) is 1. The van der Waals surface area contributed by atoms with Crippen molar-refractivity contribution < 1.29 is 18.7 Å². The molecule has 0 bridgehead atoms. The number of halogens is 1. The van der Waals surface area contributed by atoms with E-state index < -0.39 is 0 Å². The molecule has 0 radical (unpaired) electrons. The molecule has 6 nitrogen and oxygen atoms in total. The zero-order chi connectivity index (χ0) is 12.3. The average molecular weight is 303 g/mol. The molecule has 1 aliphatic rings. The van der Waals surface area contributed by atoms with Gasteiger partial charge in [-0.3, -0.25) is 4.79 Å². The molecule has 1 aliphatic heterocycles. The van der Waals surface area contributed by atoms with Crippen LogP contribution >= 0.6 is 15.9 Å². The van der Waals surface area contributed by atoms with Crippen molar-refractivity contribution in [3.63, 3.8) is 0 Å². The summed E-state index contributed by atoms with van der Waals surface area (Å²) < 4.78 is 10.4. The molecule has 7 heteroatoms. The number of cyclic esters (lactones) is 1. The van der Waals surface area contributed by atoms with E-state index in [2.05, 4.69) is 21.2 Å². The molecule has 92 valence electrons. The van der Waals surface area contributed by atoms with Gasteiger partial charge < -0.3 is 19.4 Å². The van der Waals surface area contributed by atoms with Crippen molar-refractivity contribution in [3.8, 4) is 0 Å². The number of rotatable bonds is 4. The van der Waals surface area contributed by atoms with Crippen molar-refractivity contribution in [1.82, 2.24) is 10.2 Å². The minimum Gasteiger partial charge on any atom is -0.448 e. The van der Waals surface area contributed by atoms with Gasteiger partial charge >= 0.3 is 6.09 Å². The smallest absolute Gasteiger partial charge is 0.409 e. The Hall–Kier alpha value is -1.50. The second-order valence-electron chi connectivity index (χ2n) is 3.46. The number of amides is 2. The molecule has 2 amide bonds. The average Bonchev–Trinajstić information content (AvgIpc) is 2.88. The number of hydrogen-bond donors (Lipinski definition) is 1. The Bertz CT molecular complexity index is 432. The predicted octanol–water partition coefficient (Wildman–Crippen LogP) is 1.22. The molecule has 1 fully saturated rings. The first-order chi connectivity index (χ1) is 8.16. The minimum atomic E-state index is -0.333. The van der Waals surface area contributed by atoms with E-state index in [-0.39, 0.29) is 17.8 Å². The number of carbonyl (C=O) groups is 2. The second kappa shape index (κ2) is 5.22. The van der Waals surface area contributed by atoms with E-state index in [4.69, 9.17) is 9.15 Å². The maximum absolute atomic E-state index is 11.6. The third-order valence-corrected chi connectivity index (χ3v) is 2.74. The van der Waals surface area contributed by atoms with Crippen molar-refractivity contribution in [2.24, 2.45) is 0 Å². The number of carbonyl (C=O) groups excluding carboxylic acids is 2. The normalized spacial score (nSPS) is 14.9. The Kier molecular flexibility index (Phi) is 3.68. The van der Waals surface area contributed by atoms with Crippen LogP contribution in [0.1, 0.15) is 10.6 Å². The van der Waals surface area contributed by atoms with Crippen molar-refractivity contribution in [3.05, 3.63) is 22.6 Å². The molecule has 0 atom stereocenters.